The van der Waals surface area contributed by atoms with Crippen molar-refractivity contribution >= 4 is 16.8 Å². The van der Waals surface area contributed by atoms with Gasteiger partial charge in [-0.15, -0.1) is 0 Å². The molecule has 2 unspecified atom stereocenters. The lowest BCUT2D eigenvalue weighted by Gasteiger charge is -2.23. The molecule has 0 saturated carbocycles. The van der Waals surface area contributed by atoms with Gasteiger partial charge in [-0.25, -0.2) is 0 Å². The molecule has 0 spiro atoms. The number of nitrogens with one attached hydrogen (secondary N) is 1. The van der Waals surface area contributed by atoms with Gasteiger partial charge in [-0.05, 0) is 66.0 Å². The van der Waals surface area contributed by atoms with Crippen LogP contribution in [0.3, 0.4) is 0 Å². The molecule has 2 aliphatic rings. The molecule has 0 aromatic carbocycles. The second kappa shape index (κ2) is 9.18. The summed E-state index contributed by atoms with van der Waals surface area (Å²) in [6.07, 6.45) is 3.99. The van der Waals surface area contributed by atoms with Crippen molar-refractivity contribution in [2.45, 2.75) is 51.7 Å². The molecule has 24 heavy (non-hydrogen) atoms. The van der Waals surface area contributed by atoms with Gasteiger partial charge in [-0.1, -0.05) is 0 Å². The third-order valence-electron chi connectivity index (χ3n) is 4.86. The van der Waals surface area contributed by atoms with E-state index in [1.54, 1.807) is 0 Å². The van der Waals surface area contributed by atoms with Crippen LogP contribution in [-0.4, -0.2) is 76.3 Å². The summed E-state index contributed by atoms with van der Waals surface area (Å²) in [7, 11) is -0.830. The predicted molar refractivity (Wildman–Crippen MR) is 104 cm³/mol. The Hall–Kier alpha value is -0.620. The first kappa shape index (κ1) is 19.7. The highest BCUT2D eigenvalue weighted by Gasteiger charge is 2.27. The van der Waals surface area contributed by atoms with Crippen molar-refractivity contribution in [3.05, 3.63) is 0 Å². The number of likely N-dealkylation sites (tertiary alicyclic amines) is 2. The van der Waals surface area contributed by atoms with Crippen LogP contribution in [0, 0.1) is 5.92 Å². The number of guanidine groups is 1. The molecule has 2 fully saturated rings. The Labute approximate surface area is 150 Å². The molecule has 2 heterocycles. The van der Waals surface area contributed by atoms with Crippen LogP contribution < -0.4 is 5.32 Å². The quantitative estimate of drug-likeness (QED) is 0.583. The van der Waals surface area contributed by atoms with E-state index in [9.17, 15) is 4.21 Å². The summed E-state index contributed by atoms with van der Waals surface area (Å²) in [6.45, 7) is 15.7. The van der Waals surface area contributed by atoms with Crippen LogP contribution in [0.1, 0.15) is 47.0 Å². The van der Waals surface area contributed by atoms with Gasteiger partial charge < -0.3 is 15.1 Å². The smallest absolute Gasteiger partial charge is 0.193 e. The molecule has 0 aliphatic carbocycles. The highest BCUT2D eigenvalue weighted by Crippen LogP contribution is 2.20. The summed E-state index contributed by atoms with van der Waals surface area (Å²) in [5.74, 6) is 2.41. The van der Waals surface area contributed by atoms with Gasteiger partial charge in [0.25, 0.3) is 0 Å². The molecule has 6 heteroatoms. The molecule has 2 atom stereocenters. The van der Waals surface area contributed by atoms with Crippen LogP contribution in [0.5, 0.6) is 0 Å². The maximum Gasteiger partial charge on any atom is 0.193 e. The second-order valence-corrected chi connectivity index (χ2v) is 10.3. The molecule has 2 rings (SSSR count). The van der Waals surface area contributed by atoms with E-state index in [2.05, 4.69) is 22.0 Å². The summed E-state index contributed by atoms with van der Waals surface area (Å²) in [4.78, 5) is 9.75. The van der Waals surface area contributed by atoms with Crippen LogP contribution in [0.25, 0.3) is 0 Å². The number of rotatable bonds is 6. The number of hydrogen-bond acceptors (Lipinski definition) is 3. The first-order valence-electron chi connectivity index (χ1n) is 9.54. The third-order valence-corrected chi connectivity index (χ3v) is 6.78. The molecule has 1 N–H and O–H groups in total. The summed E-state index contributed by atoms with van der Waals surface area (Å²) in [5.41, 5.74) is 0. The third kappa shape index (κ3) is 6.03. The van der Waals surface area contributed by atoms with Crippen LogP contribution in [-0.2, 0) is 10.8 Å². The van der Waals surface area contributed by atoms with E-state index in [1.807, 2.05) is 20.8 Å². The Morgan fingerprint density at radius 1 is 1.25 bits per heavy atom. The van der Waals surface area contributed by atoms with Crippen molar-refractivity contribution in [3.8, 4) is 0 Å². The Morgan fingerprint density at radius 3 is 2.58 bits per heavy atom. The molecule has 0 radical (unpaired) electrons. The average molecular weight is 357 g/mol. The van der Waals surface area contributed by atoms with Crippen LogP contribution in [0.4, 0.5) is 0 Å². The molecule has 0 aromatic heterocycles. The molecule has 0 bridgehead atoms. The SMILES string of the molecule is CCNC(=NCCS(=O)C(C)(C)C)N1CCC(CN2CCCC2)C1. The molecule has 5 nitrogen and oxygen atoms in total. The lowest BCUT2D eigenvalue weighted by molar-refractivity contribution is 0.281. The van der Waals surface area contributed by atoms with Crippen molar-refractivity contribution in [3.63, 3.8) is 0 Å². The Balaban J connectivity index is 1.83. The van der Waals surface area contributed by atoms with Gasteiger partial charge in [0.2, 0.25) is 0 Å². The summed E-state index contributed by atoms with van der Waals surface area (Å²) in [6, 6.07) is 0. The van der Waals surface area contributed by atoms with E-state index in [1.165, 1.54) is 38.9 Å². The Morgan fingerprint density at radius 2 is 1.96 bits per heavy atom. The van der Waals surface area contributed by atoms with Gasteiger partial charge >= 0.3 is 0 Å². The largest absolute Gasteiger partial charge is 0.357 e. The van der Waals surface area contributed by atoms with E-state index >= 15 is 0 Å². The monoisotopic (exact) mass is 356 g/mol. The topological polar surface area (TPSA) is 47.9 Å². The summed E-state index contributed by atoms with van der Waals surface area (Å²) >= 11 is 0. The molecule has 0 aromatic rings. The molecular weight excluding hydrogens is 320 g/mol. The zero-order valence-corrected chi connectivity index (χ0v) is 16.8. The molecule has 2 saturated heterocycles. The molecular formula is C18H36N4OS. The van der Waals surface area contributed by atoms with Gasteiger partial charge in [-0.3, -0.25) is 9.20 Å². The number of aliphatic imine (C=N–C) groups is 1. The van der Waals surface area contributed by atoms with Gasteiger partial charge in [0.15, 0.2) is 5.96 Å². The van der Waals surface area contributed by atoms with Crippen molar-refractivity contribution in [1.29, 1.82) is 0 Å². The number of hydrogen-bond donors (Lipinski definition) is 1. The first-order chi connectivity index (χ1) is 11.4. The normalized spacial score (nSPS) is 24.6. The summed E-state index contributed by atoms with van der Waals surface area (Å²) < 4.78 is 12.0. The van der Waals surface area contributed by atoms with Crippen molar-refractivity contribution in [1.82, 2.24) is 15.1 Å². The van der Waals surface area contributed by atoms with Crippen molar-refractivity contribution < 1.29 is 4.21 Å². The van der Waals surface area contributed by atoms with Gasteiger partial charge in [-0.2, -0.15) is 0 Å². The van der Waals surface area contributed by atoms with Gasteiger partial charge in [0.1, 0.15) is 0 Å². The molecule has 0 amide bonds. The fourth-order valence-electron chi connectivity index (χ4n) is 3.47. The minimum atomic E-state index is -0.830. The predicted octanol–water partition coefficient (Wildman–Crippen LogP) is 1.92. The van der Waals surface area contributed by atoms with Crippen LogP contribution >= 0.6 is 0 Å². The minimum Gasteiger partial charge on any atom is -0.357 e. The maximum absolute atomic E-state index is 12.2. The standard InChI is InChI=1S/C18H36N4OS/c1-5-19-17(20-9-13-24(23)18(2,3)4)22-12-8-16(15-22)14-21-10-6-7-11-21/h16H,5-15H2,1-4H3,(H,19,20). The second-order valence-electron chi connectivity index (χ2n) is 8.01. The fraction of sp³-hybridized carbons (Fsp3) is 0.944. The lowest BCUT2D eigenvalue weighted by Crippen LogP contribution is -2.41. The van der Waals surface area contributed by atoms with Crippen LogP contribution in [0.2, 0.25) is 0 Å². The van der Waals surface area contributed by atoms with Crippen LogP contribution in [0.15, 0.2) is 4.99 Å². The van der Waals surface area contributed by atoms with E-state index < -0.39 is 10.8 Å². The maximum atomic E-state index is 12.2. The van der Waals surface area contributed by atoms with Gasteiger partial charge in [0.05, 0.1) is 6.54 Å². The van der Waals surface area contributed by atoms with Crippen molar-refractivity contribution in [2.24, 2.45) is 10.9 Å². The zero-order chi connectivity index (χ0) is 17.6. The van der Waals surface area contributed by atoms with Gasteiger partial charge in [0, 0.05) is 47.5 Å². The number of nitrogens with zero attached hydrogens (tertiary/aromatic N) is 3. The van der Waals surface area contributed by atoms with E-state index in [0.717, 1.165) is 31.5 Å². The molecule has 140 valence electrons. The van der Waals surface area contributed by atoms with E-state index in [-0.39, 0.29) is 4.75 Å². The highest BCUT2D eigenvalue weighted by molar-refractivity contribution is 7.86. The fourth-order valence-corrected chi connectivity index (χ4v) is 4.34. The van der Waals surface area contributed by atoms with E-state index in [0.29, 0.717) is 12.3 Å². The lowest BCUT2D eigenvalue weighted by atomic mass is 10.1. The van der Waals surface area contributed by atoms with Crippen molar-refractivity contribution in [2.75, 3.05) is 51.6 Å². The minimum absolute atomic E-state index is 0.150. The Bertz CT molecular complexity index is 441. The van der Waals surface area contributed by atoms with E-state index in [4.69, 9.17) is 4.99 Å². The summed E-state index contributed by atoms with van der Waals surface area (Å²) in [5, 5.41) is 3.41. The molecule has 2 aliphatic heterocycles. The zero-order valence-electron chi connectivity index (χ0n) is 16.0. The highest BCUT2D eigenvalue weighted by atomic mass is 32.2. The first-order valence-corrected chi connectivity index (χ1v) is 10.9. The average Bonchev–Trinajstić information content (AvgIpc) is 3.17. The Kier molecular flexibility index (Phi) is 7.54.